The molecule has 3 aromatic heterocycles. The molecular weight excluding hydrogens is 496 g/mol. The number of hydrogen-bond donors (Lipinski definition) is 2. The number of nitrogens with zero attached hydrogens (tertiary/aromatic N) is 3. The maximum Gasteiger partial charge on any atom is 0.337 e. The third kappa shape index (κ3) is 4.16. The van der Waals surface area contributed by atoms with Crippen LogP contribution in [0.15, 0.2) is 85.2 Å². The van der Waals surface area contributed by atoms with Crippen molar-refractivity contribution >= 4 is 33.3 Å². The summed E-state index contributed by atoms with van der Waals surface area (Å²) in [6.45, 7) is 5.36. The lowest BCUT2D eigenvalue weighted by Gasteiger charge is -2.23. The lowest BCUT2D eigenvalue weighted by atomic mass is 9.94. The minimum Gasteiger partial charge on any atom is -0.478 e. The fourth-order valence-corrected chi connectivity index (χ4v) is 6.57. The van der Waals surface area contributed by atoms with Gasteiger partial charge in [0.1, 0.15) is 5.65 Å². The summed E-state index contributed by atoms with van der Waals surface area (Å²) in [5.74, 6) is -0.281. The van der Waals surface area contributed by atoms with E-state index in [1.54, 1.807) is 0 Å². The normalized spacial score (nSPS) is 14.4. The Hall–Kier alpha value is -4.42. The van der Waals surface area contributed by atoms with Gasteiger partial charge in [0.15, 0.2) is 0 Å². The van der Waals surface area contributed by atoms with Crippen LogP contribution in [0.2, 0.25) is 0 Å². The van der Waals surface area contributed by atoms with E-state index in [9.17, 15) is 9.90 Å². The number of carboxylic acid groups (broad SMARTS) is 1. The minimum atomic E-state index is -0.941. The summed E-state index contributed by atoms with van der Waals surface area (Å²) < 4.78 is 4.56. The number of imidazole rings is 1. The Kier molecular flexibility index (Phi) is 6.13. The van der Waals surface area contributed by atoms with Gasteiger partial charge in [0.25, 0.3) is 0 Å². The Balaban J connectivity index is 1.41. The van der Waals surface area contributed by atoms with Gasteiger partial charge in [-0.3, -0.25) is 0 Å². The number of benzene rings is 3. The van der Waals surface area contributed by atoms with Gasteiger partial charge in [-0.1, -0.05) is 54.6 Å². The van der Waals surface area contributed by atoms with Gasteiger partial charge >= 0.3 is 5.97 Å². The van der Waals surface area contributed by atoms with Crippen LogP contribution in [0.4, 0.5) is 0 Å². The number of aryl methyl sites for hydroxylation is 1. The Bertz CT molecular complexity index is 1890. The summed E-state index contributed by atoms with van der Waals surface area (Å²) in [6.07, 6.45) is 7.39. The summed E-state index contributed by atoms with van der Waals surface area (Å²) >= 11 is 0. The fourth-order valence-electron chi connectivity index (χ4n) is 6.57. The summed E-state index contributed by atoms with van der Waals surface area (Å²) in [6, 6.07) is 24.1. The molecule has 7 rings (SSSR count). The highest BCUT2D eigenvalue weighted by atomic mass is 16.4. The second-order valence-electron chi connectivity index (χ2n) is 11.0. The molecule has 200 valence electrons. The first kappa shape index (κ1) is 24.6. The summed E-state index contributed by atoms with van der Waals surface area (Å²) in [5, 5.41) is 16.8. The van der Waals surface area contributed by atoms with Crippen molar-refractivity contribution in [3.05, 3.63) is 108 Å². The molecule has 6 heteroatoms. The van der Waals surface area contributed by atoms with Crippen molar-refractivity contribution in [2.24, 2.45) is 5.92 Å². The highest BCUT2D eigenvalue weighted by Gasteiger charge is 2.24. The minimum absolute atomic E-state index is 0.298. The summed E-state index contributed by atoms with van der Waals surface area (Å²) in [4.78, 5) is 17.7. The number of carbonyl (C=O) groups is 1. The number of aromatic carboxylic acids is 1. The van der Waals surface area contributed by atoms with Crippen LogP contribution in [0.1, 0.15) is 40.0 Å². The molecule has 0 atom stereocenters. The van der Waals surface area contributed by atoms with Crippen LogP contribution in [-0.2, 0) is 13.0 Å². The van der Waals surface area contributed by atoms with Crippen molar-refractivity contribution < 1.29 is 9.90 Å². The third-order valence-corrected chi connectivity index (χ3v) is 8.49. The first-order chi connectivity index (χ1) is 19.6. The van der Waals surface area contributed by atoms with Crippen molar-refractivity contribution in [3.63, 3.8) is 0 Å². The molecule has 0 aliphatic carbocycles. The van der Waals surface area contributed by atoms with E-state index in [2.05, 4.69) is 45.6 Å². The molecule has 0 amide bonds. The monoisotopic (exact) mass is 528 g/mol. The molecular formula is C34H32N4O2. The van der Waals surface area contributed by atoms with E-state index >= 15 is 0 Å². The van der Waals surface area contributed by atoms with Crippen LogP contribution < -0.4 is 5.32 Å². The molecule has 0 unspecified atom stereocenters. The van der Waals surface area contributed by atoms with Gasteiger partial charge in [0.05, 0.1) is 17.0 Å². The summed E-state index contributed by atoms with van der Waals surface area (Å²) in [5.41, 5.74) is 7.25. The third-order valence-electron chi connectivity index (χ3n) is 8.49. The zero-order chi connectivity index (χ0) is 27.2. The van der Waals surface area contributed by atoms with Crippen LogP contribution in [0, 0.1) is 12.8 Å². The van der Waals surface area contributed by atoms with Crippen molar-refractivity contribution in [2.45, 2.75) is 32.7 Å². The van der Waals surface area contributed by atoms with Crippen LogP contribution in [0.25, 0.3) is 38.6 Å². The van der Waals surface area contributed by atoms with Gasteiger partial charge < -0.3 is 19.4 Å². The van der Waals surface area contributed by atoms with E-state index in [0.717, 1.165) is 47.4 Å². The van der Waals surface area contributed by atoms with Crippen LogP contribution >= 0.6 is 0 Å². The smallest absolute Gasteiger partial charge is 0.337 e. The Morgan fingerprint density at radius 1 is 1.00 bits per heavy atom. The quantitative estimate of drug-likeness (QED) is 0.252. The molecule has 0 radical (unpaired) electrons. The number of hydrogen-bond acceptors (Lipinski definition) is 3. The van der Waals surface area contributed by atoms with Crippen molar-refractivity contribution in [1.82, 2.24) is 19.3 Å². The van der Waals surface area contributed by atoms with E-state index in [1.165, 1.54) is 34.9 Å². The topological polar surface area (TPSA) is 71.6 Å². The van der Waals surface area contributed by atoms with Gasteiger partial charge in [-0.15, -0.1) is 0 Å². The first-order valence-electron chi connectivity index (χ1n) is 14.1. The highest BCUT2D eigenvalue weighted by molar-refractivity contribution is 6.09. The molecule has 1 saturated heterocycles. The van der Waals surface area contributed by atoms with Crippen LogP contribution in [0.3, 0.4) is 0 Å². The van der Waals surface area contributed by atoms with Gasteiger partial charge in [0.2, 0.25) is 0 Å². The van der Waals surface area contributed by atoms with E-state index in [0.29, 0.717) is 23.5 Å². The van der Waals surface area contributed by atoms with Crippen molar-refractivity contribution in [3.8, 4) is 11.3 Å². The molecule has 0 saturated carbocycles. The Morgan fingerprint density at radius 2 is 1.82 bits per heavy atom. The van der Waals surface area contributed by atoms with Crippen molar-refractivity contribution in [1.29, 1.82) is 0 Å². The van der Waals surface area contributed by atoms with Gasteiger partial charge in [0, 0.05) is 41.8 Å². The number of pyridine rings is 1. The molecule has 6 nitrogen and oxygen atoms in total. The maximum absolute atomic E-state index is 12.7. The van der Waals surface area contributed by atoms with Gasteiger partial charge in [-0.2, -0.15) is 0 Å². The highest BCUT2D eigenvalue weighted by Crippen LogP contribution is 2.36. The molecule has 1 aliphatic rings. The fraction of sp³-hybridized carbons (Fsp3) is 0.235. The number of aromatic nitrogens is 3. The predicted molar refractivity (Wildman–Crippen MR) is 160 cm³/mol. The lowest BCUT2D eigenvalue weighted by molar-refractivity contribution is 0.0700. The second-order valence-corrected chi connectivity index (χ2v) is 11.0. The maximum atomic E-state index is 12.7. The predicted octanol–water partition coefficient (Wildman–Crippen LogP) is 6.71. The number of carboxylic acids is 1. The average Bonchev–Trinajstić information content (AvgIpc) is 3.52. The van der Waals surface area contributed by atoms with E-state index in [-0.39, 0.29) is 0 Å². The molecule has 0 bridgehead atoms. The number of piperidine rings is 1. The molecule has 3 aromatic carbocycles. The van der Waals surface area contributed by atoms with E-state index < -0.39 is 5.97 Å². The van der Waals surface area contributed by atoms with Crippen LogP contribution in [-0.4, -0.2) is 38.1 Å². The van der Waals surface area contributed by atoms with E-state index in [4.69, 9.17) is 4.98 Å². The van der Waals surface area contributed by atoms with Crippen LogP contribution in [0.5, 0.6) is 0 Å². The SMILES string of the molecule is Cc1cccc2c1c(Cc1c(-c3ccc4ccccc4c3C(=O)O)nc3ccccn13)cn2CC1CCNCC1. The molecule has 40 heavy (non-hydrogen) atoms. The Morgan fingerprint density at radius 3 is 2.67 bits per heavy atom. The molecule has 2 N–H and O–H groups in total. The molecule has 4 heterocycles. The first-order valence-corrected chi connectivity index (χ1v) is 14.1. The standard InChI is InChI=1S/C34H32N4O2/c1-22-7-6-10-28-31(22)25(21-37(28)20-23-14-16-35-17-15-23)19-29-33(36-30-11-4-5-18-38(29)30)27-13-12-24-8-2-3-9-26(24)32(27)34(39)40/h2-13,18,21,23,35H,14-17,19-20H2,1H3,(H,39,40). The van der Waals surface area contributed by atoms with Gasteiger partial charge in [-0.25, -0.2) is 9.78 Å². The van der Waals surface area contributed by atoms with Crippen molar-refractivity contribution in [2.75, 3.05) is 13.1 Å². The Labute approximate surface area is 232 Å². The second kappa shape index (κ2) is 9.96. The summed E-state index contributed by atoms with van der Waals surface area (Å²) in [7, 11) is 0. The molecule has 1 aliphatic heterocycles. The van der Waals surface area contributed by atoms with Gasteiger partial charge in [-0.05, 0) is 78.9 Å². The number of rotatable bonds is 6. The largest absolute Gasteiger partial charge is 0.478 e. The zero-order valence-corrected chi connectivity index (χ0v) is 22.6. The zero-order valence-electron chi connectivity index (χ0n) is 22.6. The lowest BCUT2D eigenvalue weighted by Crippen LogP contribution is -2.29. The average molecular weight is 529 g/mol. The molecule has 6 aromatic rings. The number of fused-ring (bicyclic) bond motifs is 3. The number of nitrogens with one attached hydrogen (secondary N) is 1. The van der Waals surface area contributed by atoms with E-state index in [1.807, 2.05) is 60.8 Å². The molecule has 0 spiro atoms. The molecule has 1 fully saturated rings.